The lowest BCUT2D eigenvalue weighted by atomic mass is 10.3. The molecule has 5 nitrogen and oxygen atoms in total. The summed E-state index contributed by atoms with van der Waals surface area (Å²) in [5.74, 6) is -2.47. The summed E-state index contributed by atoms with van der Waals surface area (Å²) >= 11 is 1.55. The Morgan fingerprint density at radius 3 is 2.53 bits per heavy atom. The van der Waals surface area contributed by atoms with Crippen molar-refractivity contribution < 1.29 is 32.5 Å². The van der Waals surface area contributed by atoms with E-state index in [4.69, 9.17) is 5.11 Å². The van der Waals surface area contributed by atoms with E-state index in [9.17, 15) is 18.0 Å². The average molecular weight is 363 g/mol. The topological polar surface area (TPSA) is 68.7 Å². The second-order valence-electron chi connectivity index (χ2n) is 2.68. The number of halogens is 4. The Bertz CT molecular complexity index is 449. The van der Waals surface area contributed by atoms with Gasteiger partial charge in [0.15, 0.2) is 17.2 Å². The molecular weight excluding hydrogens is 358 g/mol. The van der Waals surface area contributed by atoms with E-state index in [0.717, 1.165) is 7.11 Å². The summed E-state index contributed by atoms with van der Waals surface area (Å²) in [6.07, 6.45) is -4.94. The predicted octanol–water partition coefficient (Wildman–Crippen LogP) is 2.29. The molecular formula is C8H5F3INO4. The molecule has 0 amide bonds. The number of carboxylic acids is 1. The van der Waals surface area contributed by atoms with E-state index in [-0.39, 0.29) is 9.45 Å². The van der Waals surface area contributed by atoms with Gasteiger partial charge in [-0.25, -0.2) is 9.78 Å². The highest BCUT2D eigenvalue weighted by atomic mass is 127. The first kappa shape index (κ1) is 13.8. The van der Waals surface area contributed by atoms with Crippen molar-refractivity contribution in [3.8, 4) is 11.5 Å². The van der Waals surface area contributed by atoms with Gasteiger partial charge in [0.05, 0.1) is 7.11 Å². The maximum absolute atomic E-state index is 12.1. The van der Waals surface area contributed by atoms with Crippen molar-refractivity contribution in [2.45, 2.75) is 6.36 Å². The van der Waals surface area contributed by atoms with E-state index < -0.39 is 23.8 Å². The molecule has 0 saturated heterocycles. The monoisotopic (exact) mass is 363 g/mol. The fraction of sp³-hybridized carbons (Fsp3) is 0.250. The predicted molar refractivity (Wildman–Crippen MR) is 57.1 cm³/mol. The fourth-order valence-electron chi connectivity index (χ4n) is 0.975. The van der Waals surface area contributed by atoms with E-state index >= 15 is 0 Å². The molecule has 1 rings (SSSR count). The summed E-state index contributed by atoms with van der Waals surface area (Å²) in [7, 11) is 1.13. The molecule has 1 aromatic heterocycles. The third-order valence-electron chi connectivity index (χ3n) is 1.55. The number of hydrogen-bond donors (Lipinski definition) is 1. The lowest BCUT2D eigenvalue weighted by Crippen LogP contribution is -2.18. The molecule has 9 heteroatoms. The average Bonchev–Trinajstić information content (AvgIpc) is 2.14. The number of alkyl halides is 3. The molecule has 1 aromatic rings. The van der Waals surface area contributed by atoms with E-state index in [0.29, 0.717) is 6.07 Å². The molecule has 0 aliphatic carbocycles. The maximum atomic E-state index is 12.1. The van der Waals surface area contributed by atoms with Gasteiger partial charge in [0, 0.05) is 6.07 Å². The summed E-state index contributed by atoms with van der Waals surface area (Å²) < 4.78 is 44.5. The first-order valence-electron chi connectivity index (χ1n) is 3.98. The normalized spacial score (nSPS) is 11.1. The molecule has 0 unspecified atom stereocenters. The van der Waals surface area contributed by atoms with Crippen LogP contribution in [0.1, 0.15) is 10.5 Å². The molecule has 0 fully saturated rings. The number of aromatic carboxylic acids is 1. The van der Waals surface area contributed by atoms with Crippen molar-refractivity contribution in [3.63, 3.8) is 0 Å². The number of ether oxygens (including phenoxy) is 2. The Labute approximate surface area is 107 Å². The minimum absolute atomic E-state index is 0.0377. The fourth-order valence-corrected chi connectivity index (χ4v) is 1.72. The van der Waals surface area contributed by atoms with E-state index in [1.54, 1.807) is 22.6 Å². The lowest BCUT2D eigenvalue weighted by molar-refractivity contribution is -0.275. The highest BCUT2D eigenvalue weighted by Crippen LogP contribution is 2.35. The summed E-state index contributed by atoms with van der Waals surface area (Å²) in [5.41, 5.74) is -0.561. The zero-order valence-corrected chi connectivity index (χ0v) is 10.4. The molecule has 0 atom stereocenters. The van der Waals surface area contributed by atoms with Crippen LogP contribution in [0.3, 0.4) is 0 Å². The third kappa shape index (κ3) is 3.61. The van der Waals surface area contributed by atoms with E-state index in [1.807, 2.05) is 0 Å². The zero-order chi connectivity index (χ0) is 13.2. The third-order valence-corrected chi connectivity index (χ3v) is 2.28. The van der Waals surface area contributed by atoms with Gasteiger partial charge in [0.1, 0.15) is 3.70 Å². The molecule has 1 N–H and O–H groups in total. The van der Waals surface area contributed by atoms with Crippen LogP contribution in [-0.4, -0.2) is 29.5 Å². The number of nitrogens with zero attached hydrogens (tertiary/aromatic N) is 1. The maximum Gasteiger partial charge on any atom is 0.573 e. The molecule has 0 aromatic carbocycles. The Morgan fingerprint density at radius 1 is 1.53 bits per heavy atom. The second kappa shape index (κ2) is 4.94. The Kier molecular flexibility index (Phi) is 4.01. The Morgan fingerprint density at radius 2 is 2.12 bits per heavy atom. The van der Waals surface area contributed by atoms with Gasteiger partial charge < -0.3 is 14.6 Å². The Balaban J connectivity index is 3.29. The van der Waals surface area contributed by atoms with Crippen molar-refractivity contribution in [1.29, 1.82) is 0 Å². The van der Waals surface area contributed by atoms with Gasteiger partial charge in [-0.05, 0) is 22.6 Å². The minimum atomic E-state index is -4.94. The number of hydrogen-bond acceptors (Lipinski definition) is 4. The number of aromatic nitrogens is 1. The molecule has 0 aliphatic rings. The van der Waals surface area contributed by atoms with Crippen molar-refractivity contribution in [2.75, 3.05) is 7.11 Å². The molecule has 1 heterocycles. The number of methoxy groups -OCH3 is 1. The van der Waals surface area contributed by atoms with Gasteiger partial charge in [0.2, 0.25) is 0 Å². The van der Waals surface area contributed by atoms with Crippen LogP contribution >= 0.6 is 22.6 Å². The molecule has 0 saturated carbocycles. The quantitative estimate of drug-likeness (QED) is 0.660. The van der Waals surface area contributed by atoms with Gasteiger partial charge >= 0.3 is 12.3 Å². The first-order valence-corrected chi connectivity index (χ1v) is 5.06. The standard InChI is InChI=1S/C8H5F3INO4/c1-16-5-4(17-8(9,10)11)2-3(7(14)15)13-6(5)12/h2H,1H3,(H,14,15). The zero-order valence-electron chi connectivity index (χ0n) is 8.21. The van der Waals surface area contributed by atoms with Crippen LogP contribution in [0, 0.1) is 3.70 Å². The molecule has 0 radical (unpaired) electrons. The van der Waals surface area contributed by atoms with E-state index in [2.05, 4.69) is 14.5 Å². The van der Waals surface area contributed by atoms with Crippen LogP contribution in [-0.2, 0) is 0 Å². The van der Waals surface area contributed by atoms with Crippen molar-refractivity contribution in [3.05, 3.63) is 15.5 Å². The largest absolute Gasteiger partial charge is 0.573 e. The molecule has 0 spiro atoms. The van der Waals surface area contributed by atoms with E-state index in [1.165, 1.54) is 0 Å². The van der Waals surface area contributed by atoms with Crippen molar-refractivity contribution in [2.24, 2.45) is 0 Å². The lowest BCUT2D eigenvalue weighted by Gasteiger charge is -2.13. The van der Waals surface area contributed by atoms with Crippen LogP contribution in [0.25, 0.3) is 0 Å². The van der Waals surface area contributed by atoms with Crippen molar-refractivity contribution >= 4 is 28.6 Å². The van der Waals surface area contributed by atoms with Gasteiger partial charge in [-0.1, -0.05) is 0 Å². The number of carbonyl (C=O) groups is 1. The van der Waals surface area contributed by atoms with Crippen LogP contribution in [0.4, 0.5) is 13.2 Å². The number of pyridine rings is 1. The van der Waals surface area contributed by atoms with Gasteiger partial charge in [-0.2, -0.15) is 0 Å². The SMILES string of the molecule is COc1c(OC(F)(F)F)cc(C(=O)O)nc1I. The minimum Gasteiger partial charge on any atom is -0.490 e. The van der Waals surface area contributed by atoms with Crippen LogP contribution in [0.15, 0.2) is 6.07 Å². The molecule has 0 aliphatic heterocycles. The second-order valence-corrected chi connectivity index (χ2v) is 3.70. The van der Waals surface area contributed by atoms with Crippen LogP contribution < -0.4 is 9.47 Å². The highest BCUT2D eigenvalue weighted by Gasteiger charge is 2.33. The van der Waals surface area contributed by atoms with Gasteiger partial charge in [-0.15, -0.1) is 13.2 Å². The number of carboxylic acid groups (broad SMARTS) is 1. The first-order chi connectivity index (χ1) is 7.74. The van der Waals surface area contributed by atoms with Crippen molar-refractivity contribution in [1.82, 2.24) is 4.98 Å². The Hall–Kier alpha value is -1.26. The molecule has 17 heavy (non-hydrogen) atoms. The highest BCUT2D eigenvalue weighted by molar-refractivity contribution is 14.1. The van der Waals surface area contributed by atoms with Crippen LogP contribution in [0.5, 0.6) is 11.5 Å². The molecule has 94 valence electrons. The summed E-state index contributed by atoms with van der Waals surface area (Å²) in [6.45, 7) is 0. The summed E-state index contributed by atoms with van der Waals surface area (Å²) in [6, 6.07) is 0.650. The summed E-state index contributed by atoms with van der Waals surface area (Å²) in [4.78, 5) is 14.2. The number of rotatable bonds is 3. The van der Waals surface area contributed by atoms with Crippen LogP contribution in [0.2, 0.25) is 0 Å². The van der Waals surface area contributed by atoms with Gasteiger partial charge in [-0.3, -0.25) is 0 Å². The smallest absolute Gasteiger partial charge is 0.490 e. The van der Waals surface area contributed by atoms with Gasteiger partial charge in [0.25, 0.3) is 0 Å². The summed E-state index contributed by atoms with van der Waals surface area (Å²) in [5, 5.41) is 8.65. The molecule has 0 bridgehead atoms.